The molecule has 3 rings (SSSR count). The molecule has 31 heavy (non-hydrogen) atoms. The van der Waals surface area contributed by atoms with Crippen molar-refractivity contribution in [3.63, 3.8) is 0 Å². The van der Waals surface area contributed by atoms with Gasteiger partial charge < -0.3 is 5.32 Å². The van der Waals surface area contributed by atoms with Crippen LogP contribution in [0.25, 0.3) is 0 Å². The first-order chi connectivity index (χ1) is 14.7. The van der Waals surface area contributed by atoms with E-state index in [1.165, 1.54) is 34.5 Å². The van der Waals surface area contributed by atoms with E-state index in [0.29, 0.717) is 12.1 Å². The minimum atomic E-state index is -3.43. The highest BCUT2D eigenvalue weighted by atomic mass is 32.2. The van der Waals surface area contributed by atoms with Crippen LogP contribution in [0.3, 0.4) is 0 Å². The zero-order valence-electron chi connectivity index (χ0n) is 19.1. The van der Waals surface area contributed by atoms with Gasteiger partial charge in [0.05, 0.1) is 18.0 Å². The molecule has 2 aromatic rings. The minimum Gasteiger partial charge on any atom is -0.350 e. The van der Waals surface area contributed by atoms with Crippen molar-refractivity contribution in [2.75, 3.05) is 17.1 Å². The summed E-state index contributed by atoms with van der Waals surface area (Å²) in [6.45, 7) is 6.18. The second-order valence-electron chi connectivity index (χ2n) is 8.68. The molecule has 1 amide bonds. The summed E-state index contributed by atoms with van der Waals surface area (Å²) in [7, 11) is -3.43. The third kappa shape index (κ3) is 5.88. The summed E-state index contributed by atoms with van der Waals surface area (Å²) < 4.78 is 26.2. The number of rotatable bonds is 8. The predicted molar refractivity (Wildman–Crippen MR) is 127 cm³/mol. The number of carbonyl (C=O) groups is 1. The molecule has 1 atom stereocenters. The lowest BCUT2D eigenvalue weighted by Crippen LogP contribution is -2.33. The predicted octanol–water partition coefficient (Wildman–Crippen LogP) is 4.61. The van der Waals surface area contributed by atoms with Gasteiger partial charge in [0, 0.05) is 13.0 Å². The number of sulfonamides is 1. The lowest BCUT2D eigenvalue weighted by molar-refractivity contribution is -0.121. The van der Waals surface area contributed by atoms with Crippen LogP contribution in [-0.4, -0.2) is 27.1 Å². The monoisotopic (exact) mass is 442 g/mol. The van der Waals surface area contributed by atoms with Crippen LogP contribution >= 0.6 is 0 Å². The summed E-state index contributed by atoms with van der Waals surface area (Å²) in [5.41, 5.74) is 6.64. The molecular weight excluding hydrogens is 408 g/mol. The molecule has 0 heterocycles. The smallest absolute Gasteiger partial charge is 0.232 e. The first-order valence-electron chi connectivity index (χ1n) is 11.1. The molecule has 0 aliphatic heterocycles. The van der Waals surface area contributed by atoms with Crippen LogP contribution in [-0.2, 0) is 27.7 Å². The van der Waals surface area contributed by atoms with E-state index in [9.17, 15) is 13.2 Å². The van der Waals surface area contributed by atoms with E-state index < -0.39 is 10.0 Å². The second kappa shape index (κ2) is 9.86. The van der Waals surface area contributed by atoms with Gasteiger partial charge in [0.15, 0.2) is 0 Å². The SMILES string of the molecule is Cc1cccc(N(CCCC(=O)N[C@H](C)c2ccc3c(c2)CCCC3)S(C)(=O)=O)c1C. The number of anilines is 1. The Morgan fingerprint density at radius 1 is 1.10 bits per heavy atom. The highest BCUT2D eigenvalue weighted by Gasteiger charge is 2.20. The number of fused-ring (bicyclic) bond motifs is 1. The van der Waals surface area contributed by atoms with Gasteiger partial charge in [-0.3, -0.25) is 9.10 Å². The minimum absolute atomic E-state index is 0.0559. The van der Waals surface area contributed by atoms with E-state index in [0.717, 1.165) is 29.5 Å². The third-order valence-electron chi connectivity index (χ3n) is 6.26. The standard InChI is InChI=1S/C25H34N2O3S/c1-18-9-7-12-24(19(18)2)27(31(4,29)30)16-8-13-25(28)26-20(3)22-15-14-21-10-5-6-11-23(21)17-22/h7,9,12,14-15,17,20H,5-6,8,10-11,13,16H2,1-4H3,(H,26,28)/t20-/m1/s1. The molecule has 0 unspecified atom stereocenters. The molecular formula is C25H34N2O3S. The number of hydrogen-bond acceptors (Lipinski definition) is 3. The summed E-state index contributed by atoms with van der Waals surface area (Å²) in [4.78, 5) is 12.5. The van der Waals surface area contributed by atoms with Crippen LogP contribution < -0.4 is 9.62 Å². The Bertz CT molecular complexity index is 1050. The molecule has 0 spiro atoms. The van der Waals surface area contributed by atoms with Gasteiger partial charge in [-0.2, -0.15) is 0 Å². The summed E-state index contributed by atoms with van der Waals surface area (Å²) in [5, 5.41) is 3.07. The van der Waals surface area contributed by atoms with Crippen molar-refractivity contribution >= 4 is 21.6 Å². The van der Waals surface area contributed by atoms with Crippen molar-refractivity contribution in [1.82, 2.24) is 5.32 Å². The highest BCUT2D eigenvalue weighted by molar-refractivity contribution is 7.92. The molecule has 5 nitrogen and oxygen atoms in total. The summed E-state index contributed by atoms with van der Waals surface area (Å²) in [5.74, 6) is -0.0559. The molecule has 168 valence electrons. The van der Waals surface area contributed by atoms with Crippen LogP contribution in [0.4, 0.5) is 5.69 Å². The van der Waals surface area contributed by atoms with E-state index in [1.807, 2.05) is 39.0 Å². The number of aryl methyl sites for hydroxylation is 3. The number of benzene rings is 2. The van der Waals surface area contributed by atoms with Crippen molar-refractivity contribution in [3.05, 3.63) is 64.2 Å². The maximum absolute atomic E-state index is 12.5. The van der Waals surface area contributed by atoms with Gasteiger partial charge >= 0.3 is 0 Å². The van der Waals surface area contributed by atoms with Crippen LogP contribution in [0.15, 0.2) is 36.4 Å². The Hall–Kier alpha value is -2.34. The van der Waals surface area contributed by atoms with Crippen LogP contribution in [0.2, 0.25) is 0 Å². The van der Waals surface area contributed by atoms with E-state index in [2.05, 4.69) is 23.5 Å². The molecule has 1 aliphatic carbocycles. The van der Waals surface area contributed by atoms with Crippen molar-refractivity contribution in [2.45, 2.75) is 65.3 Å². The molecule has 0 saturated carbocycles. The van der Waals surface area contributed by atoms with Gasteiger partial charge in [0.25, 0.3) is 0 Å². The van der Waals surface area contributed by atoms with E-state index in [-0.39, 0.29) is 24.9 Å². The molecule has 0 saturated heterocycles. The van der Waals surface area contributed by atoms with Crippen molar-refractivity contribution in [2.24, 2.45) is 0 Å². The molecule has 0 bridgehead atoms. The van der Waals surface area contributed by atoms with Gasteiger partial charge in [-0.05, 0) is 86.8 Å². The molecule has 0 aromatic heterocycles. The normalized spacial score (nSPS) is 14.6. The number of nitrogens with one attached hydrogen (secondary N) is 1. The Morgan fingerprint density at radius 2 is 1.81 bits per heavy atom. The Morgan fingerprint density at radius 3 is 2.52 bits per heavy atom. The molecule has 1 aliphatic rings. The summed E-state index contributed by atoms with van der Waals surface area (Å²) in [6, 6.07) is 12.1. The van der Waals surface area contributed by atoms with Gasteiger partial charge in [-0.15, -0.1) is 0 Å². The third-order valence-corrected chi connectivity index (χ3v) is 7.44. The maximum atomic E-state index is 12.5. The van der Waals surface area contributed by atoms with Gasteiger partial charge in [0.1, 0.15) is 0 Å². The Labute approximate surface area is 186 Å². The Balaban J connectivity index is 1.58. The van der Waals surface area contributed by atoms with Gasteiger partial charge in [0.2, 0.25) is 15.9 Å². The van der Waals surface area contributed by atoms with Crippen molar-refractivity contribution in [1.29, 1.82) is 0 Å². The average Bonchev–Trinajstić information content (AvgIpc) is 2.72. The average molecular weight is 443 g/mol. The fourth-order valence-electron chi connectivity index (χ4n) is 4.27. The lowest BCUT2D eigenvalue weighted by Gasteiger charge is -2.25. The maximum Gasteiger partial charge on any atom is 0.232 e. The van der Waals surface area contributed by atoms with Crippen LogP contribution in [0, 0.1) is 13.8 Å². The van der Waals surface area contributed by atoms with Crippen LogP contribution in [0.5, 0.6) is 0 Å². The van der Waals surface area contributed by atoms with E-state index in [1.54, 1.807) is 0 Å². The van der Waals surface area contributed by atoms with Gasteiger partial charge in [-0.25, -0.2) is 8.42 Å². The Kier molecular flexibility index (Phi) is 7.42. The van der Waals surface area contributed by atoms with E-state index >= 15 is 0 Å². The number of nitrogens with zero attached hydrogens (tertiary/aromatic N) is 1. The summed E-state index contributed by atoms with van der Waals surface area (Å²) in [6.07, 6.45) is 6.71. The van der Waals surface area contributed by atoms with Crippen molar-refractivity contribution < 1.29 is 13.2 Å². The quantitative estimate of drug-likeness (QED) is 0.649. The zero-order valence-corrected chi connectivity index (χ0v) is 19.9. The fraction of sp³-hybridized carbons (Fsp3) is 0.480. The molecule has 2 aromatic carbocycles. The fourth-order valence-corrected chi connectivity index (χ4v) is 5.29. The first kappa shape index (κ1) is 23.3. The molecule has 0 fully saturated rings. The number of carbonyl (C=O) groups excluding carboxylic acids is 1. The largest absolute Gasteiger partial charge is 0.350 e. The summed E-state index contributed by atoms with van der Waals surface area (Å²) >= 11 is 0. The topological polar surface area (TPSA) is 66.5 Å². The molecule has 1 N–H and O–H groups in total. The molecule has 0 radical (unpaired) electrons. The molecule has 6 heteroatoms. The van der Waals surface area contributed by atoms with Crippen molar-refractivity contribution in [3.8, 4) is 0 Å². The van der Waals surface area contributed by atoms with Crippen LogP contribution in [0.1, 0.15) is 66.5 Å². The number of hydrogen-bond donors (Lipinski definition) is 1. The first-order valence-corrected chi connectivity index (χ1v) is 13.0. The van der Waals surface area contributed by atoms with Gasteiger partial charge in [-0.1, -0.05) is 30.3 Å². The van der Waals surface area contributed by atoms with E-state index in [4.69, 9.17) is 0 Å². The zero-order chi connectivity index (χ0) is 22.6. The second-order valence-corrected chi connectivity index (χ2v) is 10.6. The lowest BCUT2D eigenvalue weighted by atomic mass is 9.89. The number of amides is 1. The highest BCUT2D eigenvalue weighted by Crippen LogP contribution is 2.26.